The summed E-state index contributed by atoms with van der Waals surface area (Å²) in [6, 6.07) is 4.93. The number of pyridine rings is 1. The first-order valence-corrected chi connectivity index (χ1v) is 6.88. The minimum absolute atomic E-state index is 0.0490. The molecule has 20 heavy (non-hydrogen) atoms. The van der Waals surface area contributed by atoms with Crippen LogP contribution in [0.15, 0.2) is 41.4 Å². The lowest BCUT2D eigenvalue weighted by Crippen LogP contribution is -2.14. The summed E-state index contributed by atoms with van der Waals surface area (Å²) in [5.74, 6) is -1.92. The maximum absolute atomic E-state index is 13.1. The molecule has 5 nitrogen and oxygen atoms in total. The van der Waals surface area contributed by atoms with Crippen molar-refractivity contribution in [2.24, 2.45) is 0 Å². The van der Waals surface area contributed by atoms with Crippen LogP contribution in [0.2, 0.25) is 0 Å². The molecule has 0 fully saturated rings. The Labute approximate surface area is 114 Å². The van der Waals surface area contributed by atoms with Crippen LogP contribution in [0.5, 0.6) is 5.88 Å². The van der Waals surface area contributed by atoms with E-state index in [2.05, 4.69) is 9.71 Å². The summed E-state index contributed by atoms with van der Waals surface area (Å²) in [4.78, 5) is 3.29. The highest BCUT2D eigenvalue weighted by Gasteiger charge is 2.18. The largest absolute Gasteiger partial charge is 0.480 e. The molecule has 1 N–H and O–H groups in total. The van der Waals surface area contributed by atoms with E-state index in [-0.39, 0.29) is 11.6 Å². The molecule has 0 atom stereocenters. The van der Waals surface area contributed by atoms with Gasteiger partial charge in [-0.3, -0.25) is 4.72 Å². The molecule has 0 amide bonds. The number of methoxy groups -OCH3 is 1. The summed E-state index contributed by atoms with van der Waals surface area (Å²) in [5, 5.41) is 0. The summed E-state index contributed by atoms with van der Waals surface area (Å²) >= 11 is 0. The Morgan fingerprint density at radius 2 is 1.85 bits per heavy atom. The number of hydrogen-bond donors (Lipinski definition) is 1. The number of nitrogens with one attached hydrogen (secondary N) is 1. The van der Waals surface area contributed by atoms with Crippen molar-refractivity contribution in [3.05, 3.63) is 48.2 Å². The third kappa shape index (κ3) is 3.02. The van der Waals surface area contributed by atoms with Crippen LogP contribution < -0.4 is 9.46 Å². The molecule has 0 bridgehead atoms. The Balaban J connectivity index is 2.41. The highest BCUT2D eigenvalue weighted by Crippen LogP contribution is 2.24. The van der Waals surface area contributed by atoms with Crippen molar-refractivity contribution in [2.75, 3.05) is 11.8 Å². The number of ether oxygens (including phenoxy) is 1. The van der Waals surface area contributed by atoms with E-state index in [9.17, 15) is 17.2 Å². The number of benzene rings is 1. The lowest BCUT2D eigenvalue weighted by molar-refractivity contribution is 0.400. The van der Waals surface area contributed by atoms with Crippen LogP contribution >= 0.6 is 0 Å². The second-order valence-electron chi connectivity index (χ2n) is 3.77. The van der Waals surface area contributed by atoms with E-state index in [0.717, 1.165) is 0 Å². The lowest BCUT2D eigenvalue weighted by Gasteiger charge is -2.10. The maximum Gasteiger partial charge on any atom is 0.262 e. The molecule has 1 heterocycles. The van der Waals surface area contributed by atoms with Gasteiger partial charge in [-0.15, -0.1) is 0 Å². The number of hydrogen-bond acceptors (Lipinski definition) is 4. The fourth-order valence-corrected chi connectivity index (χ4v) is 2.62. The zero-order valence-corrected chi connectivity index (χ0v) is 11.1. The molecule has 1 aromatic heterocycles. The number of aromatic nitrogens is 1. The topological polar surface area (TPSA) is 68.3 Å². The first-order chi connectivity index (χ1) is 9.42. The van der Waals surface area contributed by atoms with E-state index < -0.39 is 26.6 Å². The van der Waals surface area contributed by atoms with Gasteiger partial charge in [-0.05, 0) is 24.3 Å². The number of nitrogens with zero attached hydrogens (tertiary/aromatic N) is 1. The predicted octanol–water partition coefficient (Wildman–Crippen LogP) is 2.17. The molecule has 8 heteroatoms. The van der Waals surface area contributed by atoms with E-state index in [1.165, 1.54) is 25.4 Å². The summed E-state index contributed by atoms with van der Waals surface area (Å²) in [6.45, 7) is 0. The second kappa shape index (κ2) is 5.41. The Morgan fingerprint density at radius 3 is 2.45 bits per heavy atom. The zero-order valence-electron chi connectivity index (χ0n) is 10.3. The average molecular weight is 300 g/mol. The third-order valence-corrected chi connectivity index (χ3v) is 3.70. The van der Waals surface area contributed by atoms with Crippen LogP contribution in [0, 0.1) is 11.6 Å². The first-order valence-electron chi connectivity index (χ1n) is 5.40. The van der Waals surface area contributed by atoms with Gasteiger partial charge in [0.05, 0.1) is 12.0 Å². The van der Waals surface area contributed by atoms with Gasteiger partial charge in [0.2, 0.25) is 5.88 Å². The van der Waals surface area contributed by atoms with Gasteiger partial charge in [-0.25, -0.2) is 22.2 Å². The van der Waals surface area contributed by atoms with Crippen LogP contribution in [0.3, 0.4) is 0 Å². The summed E-state index contributed by atoms with van der Waals surface area (Å²) in [6.07, 6.45) is 1.42. The Bertz CT molecular complexity index is 715. The van der Waals surface area contributed by atoms with Crippen LogP contribution in [0.4, 0.5) is 14.5 Å². The summed E-state index contributed by atoms with van der Waals surface area (Å²) in [5.41, 5.74) is 0.0691. The van der Waals surface area contributed by atoms with E-state index in [4.69, 9.17) is 4.74 Å². The molecule has 0 saturated carbocycles. The van der Waals surface area contributed by atoms with Gasteiger partial charge in [0.15, 0.2) is 0 Å². The highest BCUT2D eigenvalue weighted by atomic mass is 32.2. The molecule has 0 aliphatic rings. The van der Waals surface area contributed by atoms with Gasteiger partial charge in [0.25, 0.3) is 10.0 Å². The molecule has 0 aliphatic carbocycles. The monoisotopic (exact) mass is 300 g/mol. The molecule has 0 saturated heterocycles. The highest BCUT2D eigenvalue weighted by molar-refractivity contribution is 7.92. The van der Waals surface area contributed by atoms with Gasteiger partial charge in [0, 0.05) is 12.3 Å². The number of anilines is 1. The van der Waals surface area contributed by atoms with Crippen molar-refractivity contribution in [3.63, 3.8) is 0 Å². The van der Waals surface area contributed by atoms with Crippen LogP contribution in [-0.2, 0) is 10.0 Å². The summed E-state index contributed by atoms with van der Waals surface area (Å²) in [7, 11) is -2.82. The number of halogens is 2. The molecule has 1 aromatic carbocycles. The van der Waals surface area contributed by atoms with E-state index >= 15 is 0 Å². The minimum Gasteiger partial charge on any atom is -0.480 e. The third-order valence-electron chi connectivity index (χ3n) is 2.36. The van der Waals surface area contributed by atoms with Crippen LogP contribution in [0.1, 0.15) is 0 Å². The normalized spacial score (nSPS) is 11.2. The van der Waals surface area contributed by atoms with E-state index in [1.807, 2.05) is 0 Å². The van der Waals surface area contributed by atoms with Crippen molar-refractivity contribution in [2.45, 2.75) is 4.90 Å². The Morgan fingerprint density at radius 1 is 1.20 bits per heavy atom. The van der Waals surface area contributed by atoms with Gasteiger partial charge in [-0.1, -0.05) is 0 Å². The molecule has 0 aliphatic heterocycles. The van der Waals surface area contributed by atoms with Crippen molar-refractivity contribution in [1.82, 2.24) is 4.98 Å². The lowest BCUT2D eigenvalue weighted by atomic mass is 10.3. The van der Waals surface area contributed by atoms with E-state index in [0.29, 0.717) is 18.2 Å². The molecule has 106 valence electrons. The molecule has 2 rings (SSSR count). The van der Waals surface area contributed by atoms with Crippen LogP contribution in [0.25, 0.3) is 0 Å². The van der Waals surface area contributed by atoms with Gasteiger partial charge >= 0.3 is 0 Å². The average Bonchev–Trinajstić information content (AvgIpc) is 2.38. The van der Waals surface area contributed by atoms with Crippen molar-refractivity contribution in [1.29, 1.82) is 0 Å². The Kier molecular flexibility index (Phi) is 3.84. The second-order valence-corrected chi connectivity index (χ2v) is 5.45. The summed E-state index contributed by atoms with van der Waals surface area (Å²) < 4.78 is 57.3. The zero-order chi connectivity index (χ0) is 14.8. The fourth-order valence-electron chi connectivity index (χ4n) is 1.52. The van der Waals surface area contributed by atoms with Crippen LogP contribution in [-0.4, -0.2) is 20.5 Å². The van der Waals surface area contributed by atoms with Gasteiger partial charge in [-0.2, -0.15) is 0 Å². The molecule has 0 radical (unpaired) electrons. The predicted molar refractivity (Wildman–Crippen MR) is 68.0 cm³/mol. The van der Waals surface area contributed by atoms with Crippen molar-refractivity contribution >= 4 is 15.7 Å². The number of rotatable bonds is 4. The standard InChI is InChI=1S/C12H10F2N2O3S/c1-19-12-11(3-2-4-15-12)16-20(17,18)10-6-8(13)5-9(14)7-10/h2-7,16H,1H3. The minimum atomic E-state index is -4.14. The molecule has 2 aromatic rings. The fraction of sp³-hybridized carbons (Fsp3) is 0.0833. The van der Waals surface area contributed by atoms with Gasteiger partial charge < -0.3 is 4.74 Å². The molecular weight excluding hydrogens is 290 g/mol. The molecule has 0 unspecified atom stereocenters. The molecular formula is C12H10F2N2O3S. The van der Waals surface area contributed by atoms with Crippen molar-refractivity contribution in [3.8, 4) is 5.88 Å². The SMILES string of the molecule is COc1ncccc1NS(=O)(=O)c1cc(F)cc(F)c1. The quantitative estimate of drug-likeness (QED) is 0.939. The molecule has 0 spiro atoms. The Hall–Kier alpha value is -2.22. The first kappa shape index (κ1) is 14.2. The maximum atomic E-state index is 13.1. The smallest absolute Gasteiger partial charge is 0.262 e. The number of sulfonamides is 1. The van der Waals surface area contributed by atoms with Gasteiger partial charge in [0.1, 0.15) is 17.3 Å². The van der Waals surface area contributed by atoms with E-state index in [1.54, 1.807) is 0 Å². The van der Waals surface area contributed by atoms with Crippen molar-refractivity contribution < 1.29 is 21.9 Å².